The molecule has 0 aliphatic carbocycles. The van der Waals surface area contributed by atoms with Gasteiger partial charge < -0.3 is 14.9 Å². The number of carbonyl (C=O) groups excluding carboxylic acids is 1. The molecule has 0 bridgehead atoms. The van der Waals surface area contributed by atoms with E-state index in [-0.39, 0.29) is 21.5 Å². The highest BCUT2D eigenvalue weighted by atomic mass is 35.5. The van der Waals surface area contributed by atoms with E-state index in [0.717, 1.165) is 30.0 Å². The van der Waals surface area contributed by atoms with E-state index in [1.54, 1.807) is 0 Å². The maximum absolute atomic E-state index is 12.1. The highest BCUT2D eigenvalue weighted by Crippen LogP contribution is 2.33. The molecule has 0 aliphatic rings. The van der Waals surface area contributed by atoms with Crippen molar-refractivity contribution >= 4 is 28.5 Å². The van der Waals surface area contributed by atoms with Crippen LogP contribution in [0.4, 0.5) is 13.2 Å². The maximum atomic E-state index is 12.1. The molecule has 0 aromatic heterocycles. The number of hydrogen-bond donors (Lipinski definition) is 2. The average molecular weight is 345 g/mol. The molecule has 9 heteroatoms. The number of hydrogen-bond acceptors (Lipinski definition) is 5. The normalized spacial score (nSPS) is 14.6. The van der Waals surface area contributed by atoms with Gasteiger partial charge in [-0.05, 0) is 17.7 Å². The summed E-state index contributed by atoms with van der Waals surface area (Å²) in [5, 5.41) is 19.0. The molecular formula is C12H12ClF3O4S. The predicted octanol–water partition coefficient (Wildman–Crippen LogP) is 2.91. The summed E-state index contributed by atoms with van der Waals surface area (Å²) in [6, 6.07) is 3.16. The van der Waals surface area contributed by atoms with Gasteiger partial charge in [0, 0.05) is 12.7 Å². The fourth-order valence-electron chi connectivity index (χ4n) is 1.42. The fourth-order valence-corrected chi connectivity index (χ4v) is 2.24. The average Bonchev–Trinajstić information content (AvgIpc) is 2.36. The van der Waals surface area contributed by atoms with Crippen molar-refractivity contribution < 1.29 is 32.9 Å². The molecule has 118 valence electrons. The maximum Gasteiger partial charge on any atom is 0.573 e. The number of halogens is 4. The molecule has 1 aromatic carbocycles. The summed E-state index contributed by atoms with van der Waals surface area (Å²) in [7, 11) is 0. The Morgan fingerprint density at radius 1 is 1.43 bits per heavy atom. The summed E-state index contributed by atoms with van der Waals surface area (Å²) < 4.78 is 39.9. The molecule has 0 radical (unpaired) electrons. The van der Waals surface area contributed by atoms with E-state index in [1.165, 1.54) is 6.92 Å². The van der Waals surface area contributed by atoms with Crippen LogP contribution >= 0.6 is 23.4 Å². The third-order valence-corrected chi connectivity index (χ3v) is 3.56. The van der Waals surface area contributed by atoms with Crippen molar-refractivity contribution in [2.45, 2.75) is 25.5 Å². The standard InChI is InChI=1S/C12H12ClF3O4S/c1-6(17)21-5-9(18)11(19)7-2-3-10(8(13)4-7)20-12(14,15)16/h2-4,9,11,18-19H,5H2,1H3. The van der Waals surface area contributed by atoms with Gasteiger partial charge in [0.2, 0.25) is 0 Å². The van der Waals surface area contributed by atoms with Gasteiger partial charge in [-0.3, -0.25) is 4.79 Å². The fraction of sp³-hybridized carbons (Fsp3) is 0.417. The molecule has 2 atom stereocenters. The third-order valence-electron chi connectivity index (χ3n) is 2.34. The van der Waals surface area contributed by atoms with E-state index < -0.39 is 24.3 Å². The number of thioether (sulfide) groups is 1. The molecule has 4 nitrogen and oxygen atoms in total. The molecule has 0 amide bonds. The van der Waals surface area contributed by atoms with Crippen LogP contribution in [0.5, 0.6) is 5.75 Å². The largest absolute Gasteiger partial charge is 0.573 e. The smallest absolute Gasteiger partial charge is 0.404 e. The molecule has 0 spiro atoms. The molecule has 1 rings (SSSR count). The molecule has 0 heterocycles. The molecule has 0 fully saturated rings. The second-order valence-corrected chi connectivity index (χ2v) is 5.66. The highest BCUT2D eigenvalue weighted by Gasteiger charge is 2.32. The van der Waals surface area contributed by atoms with Crippen molar-refractivity contribution in [3.05, 3.63) is 28.8 Å². The number of aliphatic hydroxyl groups is 2. The van der Waals surface area contributed by atoms with Gasteiger partial charge in [0.25, 0.3) is 0 Å². The van der Waals surface area contributed by atoms with E-state index in [2.05, 4.69) is 4.74 Å². The minimum absolute atomic E-state index is 0.0467. The van der Waals surface area contributed by atoms with Crippen molar-refractivity contribution in [2.75, 3.05) is 5.75 Å². The van der Waals surface area contributed by atoms with Gasteiger partial charge in [-0.15, -0.1) is 13.2 Å². The van der Waals surface area contributed by atoms with Crippen LogP contribution in [0, 0.1) is 0 Å². The number of aliphatic hydroxyl groups excluding tert-OH is 2. The number of alkyl halides is 3. The Balaban J connectivity index is 2.80. The van der Waals surface area contributed by atoms with E-state index in [4.69, 9.17) is 11.6 Å². The van der Waals surface area contributed by atoms with Crippen LogP contribution in [0.1, 0.15) is 18.6 Å². The first-order chi connectivity index (χ1) is 9.60. The Labute approximate surface area is 127 Å². The lowest BCUT2D eigenvalue weighted by Crippen LogP contribution is -2.21. The minimum Gasteiger partial charge on any atom is -0.404 e. The van der Waals surface area contributed by atoms with Gasteiger partial charge >= 0.3 is 6.36 Å². The van der Waals surface area contributed by atoms with Crippen molar-refractivity contribution in [1.82, 2.24) is 0 Å². The monoisotopic (exact) mass is 344 g/mol. The first-order valence-electron chi connectivity index (χ1n) is 5.65. The Hall–Kier alpha value is -0.960. The molecule has 2 N–H and O–H groups in total. The van der Waals surface area contributed by atoms with Crippen LogP contribution in [0.3, 0.4) is 0 Å². The van der Waals surface area contributed by atoms with E-state index in [1.807, 2.05) is 0 Å². The van der Waals surface area contributed by atoms with Crippen molar-refractivity contribution in [3.63, 3.8) is 0 Å². The first kappa shape index (κ1) is 18.1. The van der Waals surface area contributed by atoms with Gasteiger partial charge in [0.05, 0.1) is 11.1 Å². The molecule has 0 saturated carbocycles. The Morgan fingerprint density at radius 3 is 2.52 bits per heavy atom. The quantitative estimate of drug-likeness (QED) is 0.859. The summed E-state index contributed by atoms with van der Waals surface area (Å²) in [5.41, 5.74) is 0.117. The summed E-state index contributed by atoms with van der Waals surface area (Å²) in [6.45, 7) is 1.31. The van der Waals surface area contributed by atoms with Crippen LogP contribution in [-0.2, 0) is 4.79 Å². The van der Waals surface area contributed by atoms with Crippen LogP contribution < -0.4 is 4.74 Å². The number of carbonyl (C=O) groups is 1. The van der Waals surface area contributed by atoms with Crippen LogP contribution in [0.15, 0.2) is 18.2 Å². The second kappa shape index (κ2) is 7.35. The summed E-state index contributed by atoms with van der Waals surface area (Å²) in [5.74, 6) is -0.651. The number of benzene rings is 1. The Kier molecular flexibility index (Phi) is 6.33. The van der Waals surface area contributed by atoms with Crippen LogP contribution in [0.2, 0.25) is 5.02 Å². The summed E-state index contributed by atoms with van der Waals surface area (Å²) in [6.07, 6.45) is -7.51. The SMILES string of the molecule is CC(=O)SCC(O)C(O)c1ccc(OC(F)(F)F)c(Cl)c1. The Morgan fingerprint density at radius 2 is 2.05 bits per heavy atom. The second-order valence-electron chi connectivity index (χ2n) is 4.05. The zero-order chi connectivity index (χ0) is 16.2. The van der Waals surface area contributed by atoms with Crippen LogP contribution in [-0.4, -0.2) is 33.5 Å². The van der Waals surface area contributed by atoms with Gasteiger partial charge in [-0.2, -0.15) is 0 Å². The van der Waals surface area contributed by atoms with Crippen molar-refractivity contribution in [3.8, 4) is 5.75 Å². The van der Waals surface area contributed by atoms with Gasteiger partial charge in [0.1, 0.15) is 11.9 Å². The van der Waals surface area contributed by atoms with Gasteiger partial charge in [-0.25, -0.2) is 0 Å². The molecule has 0 saturated heterocycles. The minimum atomic E-state index is -4.87. The third kappa shape index (κ3) is 6.13. The zero-order valence-electron chi connectivity index (χ0n) is 10.7. The van der Waals surface area contributed by atoms with Gasteiger partial charge in [0.15, 0.2) is 5.12 Å². The number of rotatable bonds is 5. The molecule has 21 heavy (non-hydrogen) atoms. The van der Waals surface area contributed by atoms with E-state index >= 15 is 0 Å². The molecule has 1 aromatic rings. The van der Waals surface area contributed by atoms with Crippen molar-refractivity contribution in [2.24, 2.45) is 0 Å². The number of ether oxygens (including phenoxy) is 1. The molecule has 0 aliphatic heterocycles. The molecule has 2 unspecified atom stereocenters. The van der Waals surface area contributed by atoms with E-state index in [0.29, 0.717) is 0 Å². The lowest BCUT2D eigenvalue weighted by molar-refractivity contribution is -0.274. The first-order valence-corrected chi connectivity index (χ1v) is 7.01. The van der Waals surface area contributed by atoms with Crippen molar-refractivity contribution in [1.29, 1.82) is 0 Å². The zero-order valence-corrected chi connectivity index (χ0v) is 12.3. The van der Waals surface area contributed by atoms with Crippen LogP contribution in [0.25, 0.3) is 0 Å². The van der Waals surface area contributed by atoms with Gasteiger partial charge in [-0.1, -0.05) is 29.4 Å². The predicted molar refractivity (Wildman–Crippen MR) is 72.2 cm³/mol. The van der Waals surface area contributed by atoms with E-state index in [9.17, 15) is 28.2 Å². The lowest BCUT2D eigenvalue weighted by atomic mass is 10.1. The topological polar surface area (TPSA) is 66.8 Å². The highest BCUT2D eigenvalue weighted by molar-refractivity contribution is 8.13. The molecular weight excluding hydrogens is 333 g/mol. The Bertz CT molecular complexity index is 510. The summed E-state index contributed by atoms with van der Waals surface area (Å²) >= 11 is 6.46. The summed E-state index contributed by atoms with van der Waals surface area (Å²) in [4.78, 5) is 10.8. The lowest BCUT2D eigenvalue weighted by Gasteiger charge is -2.18.